The van der Waals surface area contributed by atoms with Gasteiger partial charge in [-0.3, -0.25) is 4.79 Å². The molecular weight excluding hydrogens is 411 g/mol. The van der Waals surface area contributed by atoms with Gasteiger partial charge in [0.25, 0.3) is 5.56 Å². The van der Waals surface area contributed by atoms with Gasteiger partial charge < -0.3 is 4.98 Å². The Morgan fingerprint density at radius 1 is 1.19 bits per heavy atom. The summed E-state index contributed by atoms with van der Waals surface area (Å²) in [5.41, 5.74) is 2.45. The maximum absolute atomic E-state index is 14.4. The Balaban J connectivity index is 2.03. The SMILES string of the molecule is N#CCc1ccc(-c2nn(-c3ccccc3F)c3c(Br)c[nH]c(=O)c23)cc1. The van der Waals surface area contributed by atoms with Crippen LogP contribution in [0.3, 0.4) is 0 Å². The van der Waals surface area contributed by atoms with Crippen LogP contribution in [0.4, 0.5) is 4.39 Å². The van der Waals surface area contributed by atoms with Crippen molar-refractivity contribution < 1.29 is 4.39 Å². The first-order chi connectivity index (χ1) is 13.1. The van der Waals surface area contributed by atoms with E-state index in [4.69, 9.17) is 5.26 Å². The van der Waals surface area contributed by atoms with Crippen molar-refractivity contribution in [3.8, 4) is 23.0 Å². The maximum Gasteiger partial charge on any atom is 0.259 e. The molecule has 0 fully saturated rings. The second-order valence-corrected chi connectivity index (χ2v) is 6.79. The van der Waals surface area contributed by atoms with E-state index < -0.39 is 5.82 Å². The number of para-hydroxylation sites is 1. The number of benzene rings is 2. The fourth-order valence-corrected chi connectivity index (χ4v) is 3.48. The molecule has 0 unspecified atom stereocenters. The van der Waals surface area contributed by atoms with Gasteiger partial charge in [0.05, 0.1) is 27.9 Å². The van der Waals surface area contributed by atoms with Crippen LogP contribution < -0.4 is 5.56 Å². The minimum absolute atomic E-state index is 0.251. The molecule has 0 bridgehead atoms. The van der Waals surface area contributed by atoms with Crippen molar-refractivity contribution in [2.75, 3.05) is 0 Å². The summed E-state index contributed by atoms with van der Waals surface area (Å²) in [6.07, 6.45) is 1.82. The summed E-state index contributed by atoms with van der Waals surface area (Å²) in [6.45, 7) is 0. The molecular formula is C20H12BrFN4O. The van der Waals surface area contributed by atoms with Gasteiger partial charge in [0, 0.05) is 11.8 Å². The quantitative estimate of drug-likeness (QED) is 0.533. The lowest BCUT2D eigenvalue weighted by atomic mass is 10.1. The van der Waals surface area contributed by atoms with Crippen LogP contribution in [0.2, 0.25) is 0 Å². The van der Waals surface area contributed by atoms with Crippen LogP contribution in [0.5, 0.6) is 0 Å². The lowest BCUT2D eigenvalue weighted by Gasteiger charge is -2.05. The van der Waals surface area contributed by atoms with E-state index in [1.165, 1.54) is 16.9 Å². The smallest absolute Gasteiger partial charge is 0.259 e. The number of aromatic nitrogens is 3. The average molecular weight is 423 g/mol. The number of pyridine rings is 1. The summed E-state index contributed by atoms with van der Waals surface area (Å²) in [5, 5.41) is 13.7. The number of rotatable bonds is 3. The highest BCUT2D eigenvalue weighted by Gasteiger charge is 2.20. The number of fused-ring (bicyclic) bond motifs is 1. The minimum atomic E-state index is -0.440. The van der Waals surface area contributed by atoms with Crippen molar-refractivity contribution in [3.05, 3.63) is 80.9 Å². The molecule has 0 aliphatic carbocycles. The average Bonchev–Trinajstić information content (AvgIpc) is 3.08. The molecule has 0 amide bonds. The normalized spacial score (nSPS) is 10.9. The summed E-state index contributed by atoms with van der Waals surface area (Å²) >= 11 is 3.43. The predicted molar refractivity (Wildman–Crippen MR) is 104 cm³/mol. The highest BCUT2D eigenvalue weighted by molar-refractivity contribution is 9.10. The number of halogens is 2. The van der Waals surface area contributed by atoms with Crippen molar-refractivity contribution >= 4 is 26.8 Å². The van der Waals surface area contributed by atoms with Gasteiger partial charge in [0.1, 0.15) is 17.2 Å². The molecule has 1 N–H and O–H groups in total. The Hall–Kier alpha value is -3.24. The number of H-pyrrole nitrogens is 1. The van der Waals surface area contributed by atoms with E-state index in [1.54, 1.807) is 30.3 Å². The second kappa shape index (κ2) is 6.82. The molecule has 4 rings (SSSR count). The Morgan fingerprint density at radius 2 is 1.93 bits per heavy atom. The van der Waals surface area contributed by atoms with E-state index >= 15 is 0 Å². The Labute approximate surface area is 161 Å². The first-order valence-electron chi connectivity index (χ1n) is 8.11. The zero-order valence-electron chi connectivity index (χ0n) is 13.9. The van der Waals surface area contributed by atoms with Gasteiger partial charge in [0.2, 0.25) is 0 Å². The summed E-state index contributed by atoms with van der Waals surface area (Å²) in [6, 6.07) is 15.6. The first kappa shape index (κ1) is 17.2. The molecule has 0 atom stereocenters. The number of nitriles is 1. The summed E-state index contributed by atoms with van der Waals surface area (Å²) < 4.78 is 16.4. The molecule has 0 aliphatic rings. The lowest BCUT2D eigenvalue weighted by Crippen LogP contribution is -2.06. The molecule has 7 heteroatoms. The van der Waals surface area contributed by atoms with Crippen molar-refractivity contribution in [2.24, 2.45) is 0 Å². The molecule has 2 aromatic heterocycles. The number of aromatic amines is 1. The number of hydrogen-bond donors (Lipinski definition) is 1. The highest BCUT2D eigenvalue weighted by Crippen LogP contribution is 2.32. The Bertz CT molecular complexity index is 1250. The van der Waals surface area contributed by atoms with Crippen molar-refractivity contribution in [1.29, 1.82) is 5.26 Å². The largest absolute Gasteiger partial charge is 0.327 e. The molecule has 2 heterocycles. The van der Waals surface area contributed by atoms with Crippen LogP contribution in [0.1, 0.15) is 5.56 Å². The standard InChI is InChI=1S/C20H12BrFN4O/c21-14-11-24-20(27)17-18(13-7-5-12(6-8-13)9-10-23)25-26(19(14)17)16-4-2-1-3-15(16)22/h1-8,11H,9H2,(H,24,27). The van der Waals surface area contributed by atoms with Crippen molar-refractivity contribution in [2.45, 2.75) is 6.42 Å². The second-order valence-electron chi connectivity index (χ2n) is 5.93. The van der Waals surface area contributed by atoms with E-state index in [2.05, 4.69) is 32.1 Å². The Kier molecular flexibility index (Phi) is 4.34. The van der Waals surface area contributed by atoms with Gasteiger partial charge in [-0.1, -0.05) is 36.4 Å². The number of nitrogens with zero attached hydrogens (tertiary/aromatic N) is 3. The van der Waals surface area contributed by atoms with E-state index in [0.717, 1.165) is 5.56 Å². The summed E-state index contributed by atoms with van der Waals surface area (Å²) in [7, 11) is 0. The summed E-state index contributed by atoms with van der Waals surface area (Å²) in [4.78, 5) is 15.2. The van der Waals surface area contributed by atoms with Gasteiger partial charge in [-0.15, -0.1) is 0 Å². The number of hydrogen-bond acceptors (Lipinski definition) is 3. The molecule has 132 valence electrons. The predicted octanol–water partition coefficient (Wildman–Crippen LogP) is 4.35. The number of nitrogens with one attached hydrogen (secondary N) is 1. The van der Waals surface area contributed by atoms with Gasteiger partial charge in [-0.2, -0.15) is 10.4 Å². The Morgan fingerprint density at radius 3 is 2.63 bits per heavy atom. The minimum Gasteiger partial charge on any atom is -0.327 e. The van der Waals surface area contributed by atoms with Crippen LogP contribution in [0, 0.1) is 17.1 Å². The van der Waals surface area contributed by atoms with Crippen LogP contribution in [-0.2, 0) is 6.42 Å². The molecule has 0 aliphatic heterocycles. The van der Waals surface area contributed by atoms with Crippen LogP contribution in [-0.4, -0.2) is 14.8 Å². The van der Waals surface area contributed by atoms with Crippen LogP contribution in [0.25, 0.3) is 27.8 Å². The third-order valence-electron chi connectivity index (χ3n) is 4.26. The molecule has 0 saturated carbocycles. The van der Waals surface area contributed by atoms with Gasteiger partial charge >= 0.3 is 0 Å². The molecule has 4 aromatic rings. The lowest BCUT2D eigenvalue weighted by molar-refractivity contribution is 0.613. The molecule has 27 heavy (non-hydrogen) atoms. The molecule has 2 aromatic carbocycles. The third-order valence-corrected chi connectivity index (χ3v) is 4.86. The van der Waals surface area contributed by atoms with E-state index in [1.807, 2.05) is 12.1 Å². The van der Waals surface area contributed by atoms with E-state index in [-0.39, 0.29) is 11.2 Å². The third kappa shape index (κ3) is 2.94. The maximum atomic E-state index is 14.4. The van der Waals surface area contributed by atoms with E-state index in [0.29, 0.717) is 33.1 Å². The van der Waals surface area contributed by atoms with Gasteiger partial charge in [-0.25, -0.2) is 9.07 Å². The fourth-order valence-electron chi connectivity index (χ4n) is 2.99. The van der Waals surface area contributed by atoms with Crippen LogP contribution in [0.15, 0.2) is 64.0 Å². The van der Waals surface area contributed by atoms with Crippen LogP contribution >= 0.6 is 15.9 Å². The summed E-state index contributed by atoms with van der Waals surface area (Å²) in [5.74, 6) is -0.440. The monoisotopic (exact) mass is 422 g/mol. The highest BCUT2D eigenvalue weighted by atomic mass is 79.9. The van der Waals surface area contributed by atoms with E-state index in [9.17, 15) is 9.18 Å². The fraction of sp³-hybridized carbons (Fsp3) is 0.0500. The van der Waals surface area contributed by atoms with Crippen molar-refractivity contribution in [1.82, 2.24) is 14.8 Å². The van der Waals surface area contributed by atoms with Crippen molar-refractivity contribution in [3.63, 3.8) is 0 Å². The van der Waals surface area contributed by atoms with Gasteiger partial charge in [0.15, 0.2) is 0 Å². The molecule has 0 radical (unpaired) electrons. The van der Waals surface area contributed by atoms with Gasteiger partial charge in [-0.05, 0) is 33.6 Å². The molecule has 0 saturated heterocycles. The topological polar surface area (TPSA) is 74.5 Å². The zero-order valence-corrected chi connectivity index (χ0v) is 15.5. The first-order valence-corrected chi connectivity index (χ1v) is 8.90. The molecule has 5 nitrogen and oxygen atoms in total. The zero-order chi connectivity index (χ0) is 19.0. The molecule has 0 spiro atoms.